The first kappa shape index (κ1) is 13.5. The van der Waals surface area contributed by atoms with Crippen molar-refractivity contribution < 1.29 is 9.53 Å². The van der Waals surface area contributed by atoms with Crippen LogP contribution in [0.1, 0.15) is 5.01 Å². The van der Waals surface area contributed by atoms with Gasteiger partial charge in [-0.3, -0.25) is 4.79 Å². The zero-order valence-electron chi connectivity index (χ0n) is 11.4. The Bertz CT molecular complexity index is 749. The first-order valence-corrected chi connectivity index (χ1v) is 7.26. The third-order valence-corrected chi connectivity index (χ3v) is 3.82. The van der Waals surface area contributed by atoms with E-state index in [9.17, 15) is 4.79 Å². The first-order valence-electron chi connectivity index (χ1n) is 6.38. The molecule has 0 radical (unpaired) electrons. The predicted molar refractivity (Wildman–Crippen MR) is 80.4 cm³/mol. The van der Waals surface area contributed by atoms with Crippen molar-refractivity contribution in [1.82, 2.24) is 14.8 Å². The van der Waals surface area contributed by atoms with Crippen LogP contribution in [-0.2, 0) is 16.0 Å². The number of nitrogens with zero attached hydrogens (tertiary/aromatic N) is 3. The molecule has 0 unspecified atom stereocenters. The average Bonchev–Trinajstić information content (AvgIpc) is 3.17. The molecule has 0 atom stereocenters. The topological polar surface area (TPSA) is 57.0 Å². The minimum atomic E-state index is -0.282. The lowest BCUT2D eigenvalue weighted by atomic mass is 10.3. The molecule has 0 bridgehead atoms. The minimum Gasteiger partial charge on any atom is -0.469 e. The molecule has 5 nitrogen and oxygen atoms in total. The first-order chi connectivity index (χ1) is 10.3. The number of thiazole rings is 1. The SMILES string of the molecule is COC(=O)Cc1nc(-c2cnn(-c3ccccc3)c2)cs1. The Morgan fingerprint density at radius 3 is 2.90 bits per heavy atom. The highest BCUT2D eigenvalue weighted by Crippen LogP contribution is 2.22. The maximum Gasteiger partial charge on any atom is 0.312 e. The second kappa shape index (κ2) is 5.88. The van der Waals surface area contributed by atoms with E-state index in [0.29, 0.717) is 0 Å². The second-order valence-electron chi connectivity index (χ2n) is 4.39. The average molecular weight is 299 g/mol. The molecule has 0 aliphatic carbocycles. The normalized spacial score (nSPS) is 10.5. The summed E-state index contributed by atoms with van der Waals surface area (Å²) in [4.78, 5) is 15.7. The molecule has 0 fully saturated rings. The van der Waals surface area contributed by atoms with Gasteiger partial charge in [-0.25, -0.2) is 9.67 Å². The van der Waals surface area contributed by atoms with Crippen LogP contribution in [0.5, 0.6) is 0 Å². The Hall–Kier alpha value is -2.47. The van der Waals surface area contributed by atoms with E-state index in [2.05, 4.69) is 14.8 Å². The van der Waals surface area contributed by atoms with Crippen molar-refractivity contribution in [2.75, 3.05) is 7.11 Å². The third kappa shape index (κ3) is 3.00. The number of hydrogen-bond acceptors (Lipinski definition) is 5. The quantitative estimate of drug-likeness (QED) is 0.695. The van der Waals surface area contributed by atoms with Crippen LogP contribution in [0, 0.1) is 0 Å². The molecular formula is C15H13N3O2S. The van der Waals surface area contributed by atoms with Gasteiger partial charge >= 0.3 is 5.97 Å². The molecule has 2 aromatic heterocycles. The maximum absolute atomic E-state index is 11.2. The van der Waals surface area contributed by atoms with Gasteiger partial charge < -0.3 is 4.74 Å². The highest BCUT2D eigenvalue weighted by molar-refractivity contribution is 7.10. The van der Waals surface area contributed by atoms with Crippen molar-refractivity contribution in [3.8, 4) is 16.9 Å². The van der Waals surface area contributed by atoms with Gasteiger partial charge in [-0.15, -0.1) is 11.3 Å². The van der Waals surface area contributed by atoms with E-state index in [1.807, 2.05) is 41.9 Å². The standard InChI is InChI=1S/C15H13N3O2S/c1-20-15(19)7-14-17-13(10-21-14)11-8-16-18(9-11)12-5-3-2-4-6-12/h2-6,8-10H,7H2,1H3. The lowest BCUT2D eigenvalue weighted by Gasteiger charge is -1.98. The van der Waals surface area contributed by atoms with Gasteiger partial charge in [0.15, 0.2) is 0 Å². The van der Waals surface area contributed by atoms with Gasteiger partial charge in [0.2, 0.25) is 0 Å². The van der Waals surface area contributed by atoms with Crippen LogP contribution in [0.15, 0.2) is 48.1 Å². The van der Waals surface area contributed by atoms with Crippen molar-refractivity contribution in [1.29, 1.82) is 0 Å². The summed E-state index contributed by atoms with van der Waals surface area (Å²) in [6, 6.07) is 9.87. The molecule has 6 heteroatoms. The van der Waals surface area contributed by atoms with Gasteiger partial charge in [0.1, 0.15) is 5.01 Å². The summed E-state index contributed by atoms with van der Waals surface area (Å²) < 4.78 is 6.44. The minimum absolute atomic E-state index is 0.202. The van der Waals surface area contributed by atoms with Gasteiger partial charge in [-0.1, -0.05) is 18.2 Å². The molecule has 21 heavy (non-hydrogen) atoms. The molecular weight excluding hydrogens is 286 g/mol. The Balaban J connectivity index is 1.82. The number of benzene rings is 1. The molecule has 0 saturated heterocycles. The fourth-order valence-electron chi connectivity index (χ4n) is 1.90. The smallest absolute Gasteiger partial charge is 0.312 e. The predicted octanol–water partition coefficient (Wildman–Crippen LogP) is 2.71. The van der Waals surface area contributed by atoms with E-state index in [1.165, 1.54) is 18.4 Å². The largest absolute Gasteiger partial charge is 0.469 e. The number of rotatable bonds is 4. The van der Waals surface area contributed by atoms with Crippen molar-refractivity contribution in [3.63, 3.8) is 0 Å². The number of methoxy groups -OCH3 is 1. The summed E-state index contributed by atoms with van der Waals surface area (Å²) in [5.41, 5.74) is 2.74. The Morgan fingerprint density at radius 1 is 1.33 bits per heavy atom. The molecule has 2 heterocycles. The number of carbonyl (C=O) groups excluding carboxylic acids is 1. The van der Waals surface area contributed by atoms with Crippen LogP contribution < -0.4 is 0 Å². The Morgan fingerprint density at radius 2 is 2.14 bits per heavy atom. The van der Waals surface area contributed by atoms with Crippen molar-refractivity contribution in [2.45, 2.75) is 6.42 Å². The summed E-state index contributed by atoms with van der Waals surface area (Å²) in [5.74, 6) is -0.282. The molecule has 3 aromatic rings. The summed E-state index contributed by atoms with van der Waals surface area (Å²) >= 11 is 1.44. The zero-order chi connectivity index (χ0) is 14.7. The summed E-state index contributed by atoms with van der Waals surface area (Å²) in [7, 11) is 1.38. The molecule has 0 spiro atoms. The van der Waals surface area contributed by atoms with E-state index in [4.69, 9.17) is 0 Å². The monoisotopic (exact) mass is 299 g/mol. The van der Waals surface area contributed by atoms with Crippen LogP contribution in [-0.4, -0.2) is 27.8 Å². The number of esters is 1. The van der Waals surface area contributed by atoms with Crippen LogP contribution >= 0.6 is 11.3 Å². The number of ether oxygens (including phenoxy) is 1. The zero-order valence-corrected chi connectivity index (χ0v) is 12.2. The Kier molecular flexibility index (Phi) is 3.79. The fourth-order valence-corrected chi connectivity index (χ4v) is 2.69. The number of carbonyl (C=O) groups is 1. The van der Waals surface area contributed by atoms with Crippen LogP contribution in [0.2, 0.25) is 0 Å². The van der Waals surface area contributed by atoms with Crippen molar-refractivity contribution >= 4 is 17.3 Å². The van der Waals surface area contributed by atoms with Gasteiger partial charge in [-0.05, 0) is 12.1 Å². The highest BCUT2D eigenvalue weighted by atomic mass is 32.1. The van der Waals surface area contributed by atoms with Crippen LogP contribution in [0.4, 0.5) is 0 Å². The summed E-state index contributed by atoms with van der Waals surface area (Å²) in [6.07, 6.45) is 3.89. The molecule has 0 aliphatic heterocycles. The molecule has 0 N–H and O–H groups in total. The molecule has 0 saturated carbocycles. The third-order valence-electron chi connectivity index (χ3n) is 2.97. The maximum atomic E-state index is 11.2. The van der Waals surface area contributed by atoms with Crippen molar-refractivity contribution in [3.05, 3.63) is 53.1 Å². The van der Waals surface area contributed by atoms with Gasteiger partial charge in [-0.2, -0.15) is 5.10 Å². The van der Waals surface area contributed by atoms with E-state index in [0.717, 1.165) is 22.0 Å². The molecule has 0 aliphatic rings. The molecule has 0 amide bonds. The second-order valence-corrected chi connectivity index (χ2v) is 5.33. The van der Waals surface area contributed by atoms with Gasteiger partial charge in [0.25, 0.3) is 0 Å². The van der Waals surface area contributed by atoms with Crippen LogP contribution in [0.3, 0.4) is 0 Å². The van der Waals surface area contributed by atoms with Gasteiger partial charge in [0, 0.05) is 17.1 Å². The number of aromatic nitrogens is 3. The highest BCUT2D eigenvalue weighted by Gasteiger charge is 2.10. The summed E-state index contributed by atoms with van der Waals surface area (Å²) in [5, 5.41) is 7.00. The van der Waals surface area contributed by atoms with Crippen LogP contribution in [0.25, 0.3) is 16.9 Å². The van der Waals surface area contributed by atoms with E-state index >= 15 is 0 Å². The van der Waals surface area contributed by atoms with Gasteiger partial charge in [0.05, 0.1) is 31.1 Å². The summed E-state index contributed by atoms with van der Waals surface area (Å²) in [6.45, 7) is 0. The molecule has 3 rings (SSSR count). The molecule has 106 valence electrons. The van der Waals surface area contributed by atoms with Crippen molar-refractivity contribution in [2.24, 2.45) is 0 Å². The van der Waals surface area contributed by atoms with E-state index in [1.54, 1.807) is 10.9 Å². The Labute approximate surface area is 125 Å². The number of para-hydroxylation sites is 1. The lowest BCUT2D eigenvalue weighted by Crippen LogP contribution is -2.03. The number of hydrogen-bond donors (Lipinski definition) is 0. The fraction of sp³-hybridized carbons (Fsp3) is 0.133. The van der Waals surface area contributed by atoms with E-state index < -0.39 is 0 Å². The van der Waals surface area contributed by atoms with E-state index in [-0.39, 0.29) is 12.4 Å². The molecule has 1 aromatic carbocycles. The lowest BCUT2D eigenvalue weighted by molar-refractivity contribution is -0.139.